The zero-order chi connectivity index (χ0) is 15.9. The smallest absolute Gasteiger partial charge is 0.287 e. The average molecular weight is 366 g/mol. The molecule has 0 bridgehead atoms. The van der Waals surface area contributed by atoms with E-state index in [-0.39, 0.29) is 18.1 Å². The molecule has 3 N–H and O–H groups in total. The Hall–Kier alpha value is -2.61. The Labute approximate surface area is 134 Å². The lowest BCUT2D eigenvalue weighted by molar-refractivity contribution is -0.120. The summed E-state index contributed by atoms with van der Waals surface area (Å²) in [6.07, 6.45) is 2.66. The number of aromatic hydroxyl groups is 1. The van der Waals surface area contributed by atoms with Crippen molar-refractivity contribution in [1.29, 1.82) is 0 Å². The fourth-order valence-electron chi connectivity index (χ4n) is 1.50. The van der Waals surface area contributed by atoms with Gasteiger partial charge in [0.25, 0.3) is 11.8 Å². The van der Waals surface area contributed by atoms with E-state index in [0.717, 1.165) is 4.47 Å². The number of carbonyl (C=O) groups is 2. The minimum Gasteiger partial charge on any atom is -0.507 e. The van der Waals surface area contributed by atoms with Crippen LogP contribution in [-0.4, -0.2) is 29.7 Å². The van der Waals surface area contributed by atoms with Gasteiger partial charge in [-0.3, -0.25) is 9.59 Å². The molecule has 2 rings (SSSR count). The maximum atomic E-state index is 11.5. The molecule has 0 unspecified atom stereocenters. The molecule has 2 amide bonds. The maximum absolute atomic E-state index is 11.5. The number of amides is 2. The van der Waals surface area contributed by atoms with Gasteiger partial charge in [-0.25, -0.2) is 5.43 Å². The third kappa shape index (κ3) is 4.45. The molecule has 114 valence electrons. The highest BCUT2D eigenvalue weighted by atomic mass is 79.9. The predicted molar refractivity (Wildman–Crippen MR) is 82.6 cm³/mol. The highest BCUT2D eigenvalue weighted by Gasteiger charge is 2.09. The van der Waals surface area contributed by atoms with Crippen LogP contribution < -0.4 is 10.7 Å². The van der Waals surface area contributed by atoms with E-state index in [4.69, 9.17) is 4.42 Å². The van der Waals surface area contributed by atoms with Gasteiger partial charge in [0.05, 0.1) is 19.0 Å². The first-order chi connectivity index (χ1) is 10.6. The number of carbonyl (C=O) groups excluding carboxylic acids is 2. The summed E-state index contributed by atoms with van der Waals surface area (Å²) in [4.78, 5) is 23.0. The van der Waals surface area contributed by atoms with Gasteiger partial charge in [-0.15, -0.1) is 0 Å². The van der Waals surface area contributed by atoms with Crippen molar-refractivity contribution < 1.29 is 19.1 Å². The van der Waals surface area contributed by atoms with Gasteiger partial charge in [0.1, 0.15) is 5.75 Å². The number of rotatable bonds is 5. The van der Waals surface area contributed by atoms with Crippen LogP contribution in [0, 0.1) is 0 Å². The Bertz CT molecular complexity index is 698. The van der Waals surface area contributed by atoms with Crippen molar-refractivity contribution >= 4 is 34.0 Å². The maximum Gasteiger partial charge on any atom is 0.287 e. The van der Waals surface area contributed by atoms with Crippen LogP contribution in [0.5, 0.6) is 5.75 Å². The van der Waals surface area contributed by atoms with Gasteiger partial charge < -0.3 is 14.8 Å². The van der Waals surface area contributed by atoms with Crippen LogP contribution in [0.25, 0.3) is 0 Å². The van der Waals surface area contributed by atoms with Crippen molar-refractivity contribution in [1.82, 2.24) is 10.7 Å². The predicted octanol–water partition coefficient (Wildman–Crippen LogP) is 1.63. The summed E-state index contributed by atoms with van der Waals surface area (Å²) in [6.45, 7) is -0.249. The highest BCUT2D eigenvalue weighted by Crippen LogP contribution is 2.19. The fourth-order valence-corrected chi connectivity index (χ4v) is 1.88. The summed E-state index contributed by atoms with van der Waals surface area (Å²) in [7, 11) is 0. The van der Waals surface area contributed by atoms with Gasteiger partial charge in [0, 0.05) is 10.0 Å². The van der Waals surface area contributed by atoms with Crippen molar-refractivity contribution in [3.63, 3.8) is 0 Å². The molecule has 1 heterocycles. The number of phenolic OH excluding ortho intramolecular Hbond substituents is 1. The number of hydrazone groups is 1. The van der Waals surface area contributed by atoms with Gasteiger partial charge in [0.2, 0.25) is 0 Å². The number of halogens is 1. The van der Waals surface area contributed by atoms with E-state index in [9.17, 15) is 14.7 Å². The number of hydrogen-bond acceptors (Lipinski definition) is 5. The Morgan fingerprint density at radius 1 is 1.36 bits per heavy atom. The summed E-state index contributed by atoms with van der Waals surface area (Å²) in [6, 6.07) is 7.88. The first-order valence-electron chi connectivity index (χ1n) is 6.18. The van der Waals surface area contributed by atoms with Crippen LogP contribution in [0.4, 0.5) is 0 Å². The molecule has 0 aliphatic carbocycles. The molecule has 0 radical (unpaired) electrons. The van der Waals surface area contributed by atoms with E-state index in [1.54, 1.807) is 18.2 Å². The molecule has 0 aliphatic heterocycles. The molecule has 1 aromatic carbocycles. The Morgan fingerprint density at radius 3 is 2.91 bits per heavy atom. The molecule has 7 nitrogen and oxygen atoms in total. The quantitative estimate of drug-likeness (QED) is 0.553. The molecule has 0 aliphatic rings. The van der Waals surface area contributed by atoms with Gasteiger partial charge in [-0.1, -0.05) is 15.9 Å². The molecule has 2 aromatic rings. The van der Waals surface area contributed by atoms with E-state index in [1.165, 1.54) is 24.6 Å². The zero-order valence-electron chi connectivity index (χ0n) is 11.2. The van der Waals surface area contributed by atoms with Gasteiger partial charge in [-0.2, -0.15) is 5.10 Å². The Balaban J connectivity index is 1.81. The third-order valence-electron chi connectivity index (χ3n) is 2.54. The summed E-state index contributed by atoms with van der Waals surface area (Å²) >= 11 is 3.26. The lowest BCUT2D eigenvalue weighted by Gasteiger charge is -2.02. The van der Waals surface area contributed by atoms with Crippen molar-refractivity contribution in [3.8, 4) is 5.75 Å². The number of benzene rings is 1. The fraction of sp³-hybridized carbons (Fsp3) is 0.0714. The monoisotopic (exact) mass is 365 g/mol. The van der Waals surface area contributed by atoms with Crippen LogP contribution in [-0.2, 0) is 4.79 Å². The van der Waals surface area contributed by atoms with E-state index < -0.39 is 11.8 Å². The van der Waals surface area contributed by atoms with Crippen LogP contribution in [0.1, 0.15) is 16.1 Å². The molecule has 0 spiro atoms. The van der Waals surface area contributed by atoms with Crippen LogP contribution in [0.15, 0.2) is 50.6 Å². The van der Waals surface area contributed by atoms with Gasteiger partial charge in [-0.05, 0) is 30.3 Å². The second kappa shape index (κ2) is 7.41. The second-order valence-corrected chi connectivity index (χ2v) is 5.07. The van der Waals surface area contributed by atoms with Gasteiger partial charge >= 0.3 is 0 Å². The SMILES string of the molecule is O=C(CNC(=O)c1ccco1)N/N=C/c1cc(Br)ccc1O. The summed E-state index contributed by atoms with van der Waals surface area (Å²) < 4.78 is 5.65. The molecule has 1 aromatic heterocycles. The van der Waals surface area contributed by atoms with Crippen LogP contribution >= 0.6 is 15.9 Å². The molecule has 0 saturated carbocycles. The highest BCUT2D eigenvalue weighted by molar-refractivity contribution is 9.10. The second-order valence-electron chi connectivity index (χ2n) is 4.16. The van der Waals surface area contributed by atoms with Crippen LogP contribution in [0.2, 0.25) is 0 Å². The number of nitrogens with one attached hydrogen (secondary N) is 2. The Morgan fingerprint density at radius 2 is 2.18 bits per heavy atom. The van der Waals surface area contributed by atoms with E-state index in [2.05, 4.69) is 31.8 Å². The summed E-state index contributed by atoms with van der Waals surface area (Å²) in [5, 5.41) is 15.7. The van der Waals surface area contributed by atoms with Crippen molar-refractivity contribution in [2.75, 3.05) is 6.54 Å². The normalized spacial score (nSPS) is 10.6. The first-order valence-corrected chi connectivity index (χ1v) is 6.97. The number of phenols is 1. The zero-order valence-corrected chi connectivity index (χ0v) is 12.8. The van der Waals surface area contributed by atoms with Crippen molar-refractivity contribution in [2.45, 2.75) is 0 Å². The van der Waals surface area contributed by atoms with Crippen molar-refractivity contribution in [2.24, 2.45) is 5.10 Å². The molecule has 0 saturated heterocycles. The van der Waals surface area contributed by atoms with E-state index >= 15 is 0 Å². The molecule has 8 heteroatoms. The Kier molecular flexibility index (Phi) is 5.31. The number of hydrogen-bond donors (Lipinski definition) is 3. The third-order valence-corrected chi connectivity index (χ3v) is 3.03. The topological polar surface area (TPSA) is 104 Å². The summed E-state index contributed by atoms with van der Waals surface area (Å²) in [5.41, 5.74) is 2.68. The molecular weight excluding hydrogens is 354 g/mol. The summed E-state index contributed by atoms with van der Waals surface area (Å²) in [5.74, 6) is -0.845. The number of furan rings is 1. The van der Waals surface area contributed by atoms with Gasteiger partial charge in [0.15, 0.2) is 5.76 Å². The molecule has 0 atom stereocenters. The largest absolute Gasteiger partial charge is 0.507 e. The lowest BCUT2D eigenvalue weighted by Crippen LogP contribution is -2.34. The minimum atomic E-state index is -0.509. The van der Waals surface area contributed by atoms with Crippen molar-refractivity contribution in [3.05, 3.63) is 52.4 Å². The molecule has 0 fully saturated rings. The average Bonchev–Trinajstić information content (AvgIpc) is 3.02. The van der Waals surface area contributed by atoms with E-state index in [1.807, 2.05) is 0 Å². The molecular formula is C14H12BrN3O4. The van der Waals surface area contributed by atoms with Crippen LogP contribution in [0.3, 0.4) is 0 Å². The molecule has 22 heavy (non-hydrogen) atoms. The standard InChI is InChI=1S/C14H12BrN3O4/c15-10-3-4-11(19)9(6-10)7-17-18-13(20)8-16-14(21)12-2-1-5-22-12/h1-7,19H,8H2,(H,16,21)(H,18,20)/b17-7+. The van der Waals surface area contributed by atoms with E-state index in [0.29, 0.717) is 5.56 Å². The minimum absolute atomic E-state index is 0.0346. The number of nitrogens with zero attached hydrogens (tertiary/aromatic N) is 1. The first kappa shape index (κ1) is 15.8. The lowest BCUT2D eigenvalue weighted by atomic mass is 10.2.